The van der Waals surface area contributed by atoms with E-state index in [0.717, 1.165) is 38.6 Å². The Bertz CT molecular complexity index is 1870. The highest BCUT2D eigenvalue weighted by Crippen LogP contribution is 2.56. The van der Waals surface area contributed by atoms with Crippen LogP contribution in [0, 0.1) is 31.6 Å². The topological polar surface area (TPSA) is 82.1 Å². The van der Waals surface area contributed by atoms with E-state index in [1.165, 1.54) is 4.90 Å². The van der Waals surface area contributed by atoms with Gasteiger partial charge in [0.1, 0.15) is 5.75 Å². The number of imide groups is 1. The molecule has 0 spiro atoms. The third-order valence-electron chi connectivity index (χ3n) is 8.87. The highest BCUT2D eigenvalue weighted by molar-refractivity contribution is 6.25. The van der Waals surface area contributed by atoms with Crippen LogP contribution in [-0.4, -0.2) is 24.6 Å². The Morgan fingerprint density at radius 1 is 0.780 bits per heavy atom. The van der Waals surface area contributed by atoms with Gasteiger partial charge < -0.3 is 14.2 Å². The molecule has 7 nitrogen and oxygen atoms in total. The minimum atomic E-state index is -0.919. The molecule has 4 aliphatic rings. The number of anilines is 1. The zero-order valence-electron chi connectivity index (χ0n) is 22.4. The molecule has 3 heterocycles. The average molecular weight is 544 g/mol. The molecule has 4 aromatic rings. The molecule has 1 saturated heterocycles. The van der Waals surface area contributed by atoms with Crippen molar-refractivity contribution in [1.29, 1.82) is 0 Å². The normalized spacial score (nSPS) is 24.1. The highest BCUT2D eigenvalue weighted by atomic mass is 16.7. The van der Waals surface area contributed by atoms with Crippen LogP contribution in [0.5, 0.6) is 17.2 Å². The number of amides is 2. The van der Waals surface area contributed by atoms with E-state index in [1.807, 2.05) is 86.7 Å². The Morgan fingerprint density at radius 2 is 1.56 bits per heavy atom. The lowest BCUT2D eigenvalue weighted by Crippen LogP contribution is -2.42. The van der Waals surface area contributed by atoms with E-state index in [0.29, 0.717) is 22.9 Å². The van der Waals surface area contributed by atoms with E-state index < -0.39 is 29.6 Å². The number of carbonyl (C=O) groups excluding carboxylic acids is 3. The van der Waals surface area contributed by atoms with Crippen molar-refractivity contribution < 1.29 is 28.6 Å². The summed E-state index contributed by atoms with van der Waals surface area (Å²) < 4.78 is 17.1. The van der Waals surface area contributed by atoms with Gasteiger partial charge in [0.15, 0.2) is 11.5 Å². The maximum absolute atomic E-state index is 14.4. The van der Waals surface area contributed by atoms with Gasteiger partial charge in [-0.1, -0.05) is 54.6 Å². The predicted molar refractivity (Wildman–Crippen MR) is 152 cm³/mol. The molecule has 3 aliphatic heterocycles. The van der Waals surface area contributed by atoms with Crippen LogP contribution >= 0.6 is 0 Å². The largest absolute Gasteiger partial charge is 0.454 e. The summed E-state index contributed by atoms with van der Waals surface area (Å²) in [5, 5.41) is 1.93. The average Bonchev–Trinajstić information content (AvgIpc) is 3.55. The van der Waals surface area contributed by atoms with Crippen molar-refractivity contribution in [2.45, 2.75) is 19.8 Å². The smallest absolute Gasteiger partial charge is 0.319 e. The first-order valence-electron chi connectivity index (χ1n) is 13.7. The molecular weight excluding hydrogens is 518 g/mol. The number of allylic oxidation sites excluding steroid dienone is 1. The summed E-state index contributed by atoms with van der Waals surface area (Å²) in [5.41, 5.74) is 4.63. The van der Waals surface area contributed by atoms with Crippen LogP contribution in [0.25, 0.3) is 16.3 Å². The van der Waals surface area contributed by atoms with Crippen LogP contribution < -0.4 is 19.1 Å². The van der Waals surface area contributed by atoms with Gasteiger partial charge in [-0.05, 0) is 71.1 Å². The van der Waals surface area contributed by atoms with Gasteiger partial charge >= 0.3 is 5.97 Å². The molecule has 0 bridgehead atoms. The summed E-state index contributed by atoms with van der Waals surface area (Å²) in [5.74, 6) is -2.62. The lowest BCUT2D eigenvalue weighted by molar-refractivity contribution is -0.142. The number of benzene rings is 4. The number of aryl methyl sites for hydroxylation is 2. The van der Waals surface area contributed by atoms with Gasteiger partial charge in [0, 0.05) is 11.5 Å². The lowest BCUT2D eigenvalue weighted by atomic mass is 9.64. The highest BCUT2D eigenvalue weighted by Gasteiger charge is 2.60. The second-order valence-corrected chi connectivity index (χ2v) is 11.2. The quantitative estimate of drug-likeness (QED) is 0.183. The van der Waals surface area contributed by atoms with Crippen molar-refractivity contribution >= 4 is 39.8 Å². The Hall–Kier alpha value is -4.91. The fourth-order valence-corrected chi connectivity index (χ4v) is 6.98. The molecule has 1 fully saturated rings. The van der Waals surface area contributed by atoms with Gasteiger partial charge in [-0.2, -0.15) is 0 Å². The molecular formula is C34H25NO6. The van der Waals surface area contributed by atoms with Crippen molar-refractivity contribution in [2.75, 3.05) is 11.7 Å². The number of fused-ring (bicyclic) bond motifs is 8. The number of hydrogen-bond acceptors (Lipinski definition) is 6. The second kappa shape index (κ2) is 8.54. The zero-order chi connectivity index (χ0) is 28.0. The van der Waals surface area contributed by atoms with Gasteiger partial charge in [0.25, 0.3) is 0 Å². The minimum absolute atomic E-state index is 0.127. The number of ether oxygens (including phenoxy) is 3. The number of rotatable bonds is 2. The minimum Gasteiger partial charge on any atom is -0.454 e. The van der Waals surface area contributed by atoms with E-state index in [-0.39, 0.29) is 18.6 Å². The second-order valence-electron chi connectivity index (χ2n) is 11.2. The predicted octanol–water partition coefficient (Wildman–Crippen LogP) is 5.71. The summed E-state index contributed by atoms with van der Waals surface area (Å²) in [4.78, 5) is 43.7. The van der Waals surface area contributed by atoms with E-state index in [4.69, 9.17) is 14.2 Å². The number of nitrogens with zero attached hydrogens (tertiary/aromatic N) is 1. The third-order valence-corrected chi connectivity index (χ3v) is 8.87. The molecule has 0 N–H and O–H groups in total. The van der Waals surface area contributed by atoms with Crippen LogP contribution in [0.3, 0.4) is 0 Å². The van der Waals surface area contributed by atoms with Crippen molar-refractivity contribution in [3.63, 3.8) is 0 Å². The van der Waals surface area contributed by atoms with E-state index >= 15 is 0 Å². The number of esters is 1. The van der Waals surface area contributed by atoms with Crippen molar-refractivity contribution in [1.82, 2.24) is 0 Å². The summed E-state index contributed by atoms with van der Waals surface area (Å²) in [7, 11) is 0. The number of carbonyl (C=O) groups is 3. The summed E-state index contributed by atoms with van der Waals surface area (Å²) >= 11 is 0. The van der Waals surface area contributed by atoms with Gasteiger partial charge in [0.05, 0.1) is 23.4 Å². The van der Waals surface area contributed by atoms with Gasteiger partial charge in [-0.15, -0.1) is 0 Å². The summed E-state index contributed by atoms with van der Waals surface area (Å²) in [6.45, 7) is 3.94. The van der Waals surface area contributed by atoms with Crippen molar-refractivity contribution in [2.24, 2.45) is 17.8 Å². The molecule has 4 aromatic carbocycles. The first kappa shape index (κ1) is 23.9. The van der Waals surface area contributed by atoms with Gasteiger partial charge in [0.2, 0.25) is 18.6 Å². The Morgan fingerprint density at radius 3 is 2.44 bits per heavy atom. The SMILES string of the molecule is Cc1ccc(C)c(N2C(=O)[C@@H]3[C@@H]4C(=O)Oc5ccc6ccccc6c5C4=C[C@@H](c4ccc5c(c4)OCO5)[C@@H]3C2=O)c1. The Kier molecular flexibility index (Phi) is 4.99. The van der Waals surface area contributed by atoms with E-state index in [9.17, 15) is 14.4 Å². The molecule has 4 atom stereocenters. The van der Waals surface area contributed by atoms with Gasteiger partial charge in [-0.3, -0.25) is 14.4 Å². The number of hydrogen-bond donors (Lipinski definition) is 0. The lowest BCUT2D eigenvalue weighted by Gasteiger charge is -2.38. The van der Waals surface area contributed by atoms with E-state index in [1.54, 1.807) is 6.07 Å². The van der Waals surface area contributed by atoms with E-state index in [2.05, 4.69) is 0 Å². The first-order valence-corrected chi connectivity index (χ1v) is 13.7. The molecule has 0 saturated carbocycles. The standard InChI is InChI=1S/C34H25NO6/c1-17-7-8-18(2)24(13-17)35-32(36)29-22(20-10-11-25-27(14-20)40-16-39-25)15-23-28-21-6-4-3-5-19(21)9-12-26(28)41-34(38)30(23)31(29)33(35)37/h3-15,22,29-31H,16H2,1-2H3/t22-,29-,30+,31-/m0/s1. The maximum Gasteiger partial charge on any atom is 0.319 e. The van der Waals surface area contributed by atoms with Crippen LogP contribution in [0.2, 0.25) is 0 Å². The fourth-order valence-electron chi connectivity index (χ4n) is 6.98. The molecule has 0 unspecified atom stereocenters. The van der Waals surface area contributed by atoms with Crippen LogP contribution in [0.4, 0.5) is 5.69 Å². The van der Waals surface area contributed by atoms with Gasteiger partial charge in [-0.25, -0.2) is 4.90 Å². The van der Waals surface area contributed by atoms with Crippen LogP contribution in [-0.2, 0) is 14.4 Å². The molecule has 0 aromatic heterocycles. The van der Waals surface area contributed by atoms with Crippen molar-refractivity contribution in [3.05, 3.63) is 101 Å². The molecule has 8 rings (SSSR count). The van der Waals surface area contributed by atoms with Crippen molar-refractivity contribution in [3.8, 4) is 17.2 Å². The molecule has 1 aliphatic carbocycles. The monoisotopic (exact) mass is 543 g/mol. The molecule has 7 heteroatoms. The Labute approximate surface area is 235 Å². The summed E-state index contributed by atoms with van der Waals surface area (Å²) in [6, 6.07) is 23.0. The molecule has 41 heavy (non-hydrogen) atoms. The maximum atomic E-state index is 14.4. The molecule has 2 amide bonds. The summed E-state index contributed by atoms with van der Waals surface area (Å²) in [6.07, 6.45) is 2.01. The molecule has 0 radical (unpaired) electrons. The first-order chi connectivity index (χ1) is 19.9. The van der Waals surface area contributed by atoms with Crippen LogP contribution in [0.1, 0.15) is 28.2 Å². The third kappa shape index (κ3) is 3.35. The Balaban J connectivity index is 1.37. The zero-order valence-corrected chi connectivity index (χ0v) is 22.4. The fraction of sp³-hybridized carbons (Fsp3) is 0.206. The molecule has 202 valence electrons. The van der Waals surface area contributed by atoms with Crippen LogP contribution in [0.15, 0.2) is 78.9 Å².